The fraction of sp³-hybridized carbons (Fsp3) is 0.500. The second-order valence-corrected chi connectivity index (χ2v) is 6.34. The summed E-state index contributed by atoms with van der Waals surface area (Å²) in [5.74, 6) is 0.894. The summed E-state index contributed by atoms with van der Waals surface area (Å²) >= 11 is 0. The average Bonchev–Trinajstić information content (AvgIpc) is 2.56. The first-order valence-corrected chi connectivity index (χ1v) is 8.70. The van der Waals surface area contributed by atoms with Crippen LogP contribution in [0.1, 0.15) is 49.2 Å². The van der Waals surface area contributed by atoms with E-state index in [4.69, 9.17) is 14.7 Å². The van der Waals surface area contributed by atoms with E-state index in [-0.39, 0.29) is 0 Å². The molecule has 1 aromatic heterocycles. The highest BCUT2D eigenvalue weighted by molar-refractivity contribution is 5.67. The number of rotatable bonds is 7. The molecule has 4 nitrogen and oxygen atoms in total. The molecule has 0 unspecified atom stereocenters. The minimum absolute atomic E-state index is 0.437. The minimum atomic E-state index is 0.437. The standard InChI is InChI=1S/C20H29N3O/c1-7-17(8-2)23-20-15(5)21-19(14(4)22-20)18-10-9-13(3)11-16(18)12-24-6/h9-11,17H,7-8,12H2,1-6H3,(H,22,23). The molecule has 0 radical (unpaired) electrons. The van der Waals surface area contributed by atoms with E-state index in [9.17, 15) is 0 Å². The molecule has 1 aromatic carbocycles. The number of aryl methyl sites for hydroxylation is 3. The summed E-state index contributed by atoms with van der Waals surface area (Å²) in [6, 6.07) is 6.83. The van der Waals surface area contributed by atoms with E-state index in [1.54, 1.807) is 7.11 Å². The second kappa shape index (κ2) is 8.25. The SMILES string of the molecule is CCC(CC)Nc1nc(C)c(-c2ccc(C)cc2COC)nc1C. The van der Waals surface area contributed by atoms with E-state index in [0.29, 0.717) is 12.6 Å². The lowest BCUT2D eigenvalue weighted by atomic mass is 10.0. The third-order valence-corrected chi connectivity index (χ3v) is 4.39. The van der Waals surface area contributed by atoms with Gasteiger partial charge in [0.1, 0.15) is 5.82 Å². The fourth-order valence-electron chi connectivity index (χ4n) is 2.91. The van der Waals surface area contributed by atoms with Gasteiger partial charge in [-0.3, -0.25) is 0 Å². The summed E-state index contributed by atoms with van der Waals surface area (Å²) < 4.78 is 5.36. The number of ether oxygens (including phenoxy) is 1. The number of hydrogen-bond acceptors (Lipinski definition) is 4. The van der Waals surface area contributed by atoms with Crippen molar-refractivity contribution in [2.45, 2.75) is 60.1 Å². The van der Waals surface area contributed by atoms with Crippen molar-refractivity contribution in [1.82, 2.24) is 9.97 Å². The quantitative estimate of drug-likeness (QED) is 0.792. The molecule has 0 saturated carbocycles. The fourth-order valence-corrected chi connectivity index (χ4v) is 2.91. The van der Waals surface area contributed by atoms with Gasteiger partial charge in [-0.05, 0) is 39.2 Å². The van der Waals surface area contributed by atoms with Gasteiger partial charge in [-0.2, -0.15) is 0 Å². The van der Waals surface area contributed by atoms with E-state index in [1.807, 2.05) is 13.8 Å². The summed E-state index contributed by atoms with van der Waals surface area (Å²) in [5.41, 5.74) is 6.29. The highest BCUT2D eigenvalue weighted by Gasteiger charge is 2.15. The van der Waals surface area contributed by atoms with Crippen molar-refractivity contribution in [2.24, 2.45) is 0 Å². The molecule has 0 saturated heterocycles. The summed E-state index contributed by atoms with van der Waals surface area (Å²) in [4.78, 5) is 9.65. The molecule has 24 heavy (non-hydrogen) atoms. The summed E-state index contributed by atoms with van der Waals surface area (Å²) in [7, 11) is 1.72. The number of nitrogens with one attached hydrogen (secondary N) is 1. The minimum Gasteiger partial charge on any atom is -0.380 e. The van der Waals surface area contributed by atoms with Crippen LogP contribution < -0.4 is 5.32 Å². The summed E-state index contributed by atoms with van der Waals surface area (Å²) in [5, 5.41) is 3.52. The van der Waals surface area contributed by atoms with Crippen molar-refractivity contribution in [3.63, 3.8) is 0 Å². The van der Waals surface area contributed by atoms with Crippen molar-refractivity contribution >= 4 is 5.82 Å². The molecule has 0 aliphatic heterocycles. The van der Waals surface area contributed by atoms with Gasteiger partial charge in [-0.25, -0.2) is 9.97 Å². The molecular weight excluding hydrogens is 298 g/mol. The van der Waals surface area contributed by atoms with E-state index in [1.165, 1.54) is 5.56 Å². The van der Waals surface area contributed by atoms with Gasteiger partial charge in [-0.15, -0.1) is 0 Å². The van der Waals surface area contributed by atoms with Crippen LogP contribution in [0.5, 0.6) is 0 Å². The lowest BCUT2D eigenvalue weighted by molar-refractivity contribution is 0.185. The van der Waals surface area contributed by atoms with Crippen LogP contribution in [0.4, 0.5) is 5.82 Å². The highest BCUT2D eigenvalue weighted by atomic mass is 16.5. The zero-order chi connectivity index (χ0) is 17.7. The van der Waals surface area contributed by atoms with E-state index < -0.39 is 0 Å². The Bertz CT molecular complexity index is 694. The molecule has 0 spiro atoms. The van der Waals surface area contributed by atoms with Gasteiger partial charge < -0.3 is 10.1 Å². The van der Waals surface area contributed by atoms with Crippen molar-refractivity contribution < 1.29 is 4.74 Å². The van der Waals surface area contributed by atoms with Crippen LogP contribution in [0.15, 0.2) is 18.2 Å². The molecule has 1 heterocycles. The molecule has 1 N–H and O–H groups in total. The van der Waals surface area contributed by atoms with Gasteiger partial charge in [0.25, 0.3) is 0 Å². The Hall–Kier alpha value is -1.94. The number of methoxy groups -OCH3 is 1. The third-order valence-electron chi connectivity index (χ3n) is 4.39. The molecule has 2 rings (SSSR count). The molecule has 0 atom stereocenters. The molecule has 0 aliphatic rings. The van der Waals surface area contributed by atoms with Gasteiger partial charge >= 0.3 is 0 Å². The van der Waals surface area contributed by atoms with Crippen LogP contribution in [-0.2, 0) is 11.3 Å². The van der Waals surface area contributed by atoms with Crippen molar-refractivity contribution in [1.29, 1.82) is 0 Å². The number of anilines is 1. The van der Waals surface area contributed by atoms with Gasteiger partial charge in [0.05, 0.1) is 23.7 Å². The molecule has 0 aliphatic carbocycles. The van der Waals surface area contributed by atoms with Gasteiger partial charge in [0, 0.05) is 18.7 Å². The van der Waals surface area contributed by atoms with E-state index >= 15 is 0 Å². The second-order valence-electron chi connectivity index (χ2n) is 6.34. The van der Waals surface area contributed by atoms with Crippen molar-refractivity contribution in [2.75, 3.05) is 12.4 Å². The highest BCUT2D eigenvalue weighted by Crippen LogP contribution is 2.28. The lowest BCUT2D eigenvalue weighted by Crippen LogP contribution is -2.19. The largest absolute Gasteiger partial charge is 0.380 e. The Balaban J connectivity index is 2.44. The smallest absolute Gasteiger partial charge is 0.148 e. The maximum absolute atomic E-state index is 5.36. The predicted molar refractivity (Wildman–Crippen MR) is 100 cm³/mol. The van der Waals surface area contributed by atoms with Crippen LogP contribution in [-0.4, -0.2) is 23.1 Å². The van der Waals surface area contributed by atoms with E-state index in [0.717, 1.165) is 46.9 Å². The van der Waals surface area contributed by atoms with Crippen LogP contribution in [0, 0.1) is 20.8 Å². The van der Waals surface area contributed by atoms with Crippen LogP contribution in [0.25, 0.3) is 11.3 Å². The predicted octanol–water partition coefficient (Wildman–Crippen LogP) is 4.82. The lowest BCUT2D eigenvalue weighted by Gasteiger charge is -2.19. The van der Waals surface area contributed by atoms with Crippen molar-refractivity contribution in [3.8, 4) is 11.3 Å². The molecular formula is C20H29N3O. The zero-order valence-corrected chi connectivity index (χ0v) is 15.7. The van der Waals surface area contributed by atoms with Gasteiger partial charge in [0.15, 0.2) is 0 Å². The average molecular weight is 327 g/mol. The third kappa shape index (κ3) is 4.12. The van der Waals surface area contributed by atoms with Crippen LogP contribution in [0.3, 0.4) is 0 Å². The Morgan fingerprint density at radius 2 is 1.75 bits per heavy atom. The maximum atomic E-state index is 5.36. The maximum Gasteiger partial charge on any atom is 0.148 e. The van der Waals surface area contributed by atoms with Crippen molar-refractivity contribution in [3.05, 3.63) is 40.7 Å². The number of nitrogens with zero attached hydrogens (tertiary/aromatic N) is 2. The van der Waals surface area contributed by atoms with E-state index in [2.05, 4.69) is 44.3 Å². The molecule has 130 valence electrons. The normalized spacial score (nSPS) is 11.1. The first-order chi connectivity index (χ1) is 11.5. The molecule has 4 heteroatoms. The van der Waals surface area contributed by atoms with Gasteiger partial charge in [0.2, 0.25) is 0 Å². The zero-order valence-electron chi connectivity index (χ0n) is 15.7. The molecule has 0 bridgehead atoms. The molecule has 0 fully saturated rings. The molecule has 2 aromatic rings. The number of hydrogen-bond donors (Lipinski definition) is 1. The molecule has 0 amide bonds. The van der Waals surface area contributed by atoms with Gasteiger partial charge in [-0.1, -0.05) is 37.6 Å². The monoisotopic (exact) mass is 327 g/mol. The Kier molecular flexibility index (Phi) is 6.32. The number of benzene rings is 1. The van der Waals surface area contributed by atoms with Crippen LogP contribution >= 0.6 is 0 Å². The topological polar surface area (TPSA) is 47.0 Å². The Labute approximate surface area is 145 Å². The Morgan fingerprint density at radius 1 is 1.04 bits per heavy atom. The summed E-state index contributed by atoms with van der Waals surface area (Å²) in [6.07, 6.45) is 2.16. The summed E-state index contributed by atoms with van der Waals surface area (Å²) in [6.45, 7) is 11.1. The number of aromatic nitrogens is 2. The van der Waals surface area contributed by atoms with Crippen LogP contribution in [0.2, 0.25) is 0 Å². The Morgan fingerprint density at radius 3 is 2.38 bits per heavy atom. The first kappa shape index (κ1) is 18.4. The first-order valence-electron chi connectivity index (χ1n) is 8.70.